The fourth-order valence-electron chi connectivity index (χ4n) is 2.46. The van der Waals surface area contributed by atoms with Crippen LogP contribution in [-0.4, -0.2) is 64.9 Å². The zero-order chi connectivity index (χ0) is 16.5. The third-order valence-corrected chi connectivity index (χ3v) is 4.47. The summed E-state index contributed by atoms with van der Waals surface area (Å²) in [5.41, 5.74) is 1.12. The maximum absolute atomic E-state index is 5.90. The molecule has 1 fully saturated rings. The van der Waals surface area contributed by atoms with Gasteiger partial charge in [0.05, 0.1) is 25.9 Å². The highest BCUT2D eigenvalue weighted by Gasteiger charge is 2.25. The molecular weight excluding hydrogens is 437 g/mol. The molecule has 1 aromatic rings. The summed E-state index contributed by atoms with van der Waals surface area (Å²) < 4.78 is 7.71. The van der Waals surface area contributed by atoms with Crippen molar-refractivity contribution in [1.82, 2.24) is 20.0 Å². The monoisotopic (exact) mass is 465 g/mol. The molecule has 1 unspecified atom stereocenters. The lowest BCUT2D eigenvalue weighted by molar-refractivity contribution is -0.00802. The van der Waals surface area contributed by atoms with E-state index < -0.39 is 0 Å². The normalized spacial score (nSPS) is 18.2. The topological polar surface area (TPSA) is 54.7 Å². The zero-order valence-corrected chi connectivity index (χ0v) is 17.6. The van der Waals surface area contributed by atoms with Gasteiger partial charge in [0.2, 0.25) is 0 Å². The molecular formula is C16H28IN5OS. The van der Waals surface area contributed by atoms with Gasteiger partial charge in [-0.25, -0.2) is 0 Å². The first-order chi connectivity index (χ1) is 11.2. The molecule has 1 aliphatic rings. The molecule has 1 N–H and O–H groups in total. The quantitative estimate of drug-likeness (QED) is 0.220. The Morgan fingerprint density at radius 1 is 1.62 bits per heavy atom. The van der Waals surface area contributed by atoms with Crippen LogP contribution in [0.25, 0.3) is 0 Å². The molecule has 6 nitrogen and oxygen atoms in total. The third kappa shape index (κ3) is 6.64. The van der Waals surface area contributed by atoms with E-state index >= 15 is 0 Å². The van der Waals surface area contributed by atoms with Gasteiger partial charge in [-0.1, -0.05) is 6.08 Å². The molecule has 0 aliphatic carbocycles. The molecule has 0 bridgehead atoms. The highest BCUT2D eigenvalue weighted by molar-refractivity contribution is 14.0. The maximum atomic E-state index is 5.90. The van der Waals surface area contributed by atoms with Gasteiger partial charge in [0, 0.05) is 43.4 Å². The van der Waals surface area contributed by atoms with Crippen LogP contribution in [0.4, 0.5) is 0 Å². The van der Waals surface area contributed by atoms with Gasteiger partial charge >= 0.3 is 0 Å². The average Bonchev–Trinajstić information content (AvgIpc) is 3.00. The van der Waals surface area contributed by atoms with Crippen LogP contribution in [0.15, 0.2) is 30.0 Å². The Labute approximate surface area is 166 Å². The number of guanidine groups is 1. The molecule has 2 rings (SSSR count). The minimum atomic E-state index is 0. The van der Waals surface area contributed by atoms with Crippen molar-refractivity contribution in [1.29, 1.82) is 0 Å². The number of hydrogen-bond acceptors (Lipinski definition) is 4. The molecule has 1 aromatic heterocycles. The summed E-state index contributed by atoms with van der Waals surface area (Å²) in [5, 5.41) is 7.63. The predicted molar refractivity (Wildman–Crippen MR) is 112 cm³/mol. The SMILES string of the molecule is C=CCSCCN=C(NCC)N1CCOC(c2cnn(C)c2)C1.I. The number of aliphatic imine (C=N–C) groups is 1. The number of ether oxygens (including phenoxy) is 1. The molecule has 0 aromatic carbocycles. The van der Waals surface area contributed by atoms with E-state index in [1.807, 2.05) is 42.0 Å². The minimum absolute atomic E-state index is 0. The summed E-state index contributed by atoms with van der Waals surface area (Å²) in [6.07, 6.45) is 5.88. The third-order valence-electron chi connectivity index (χ3n) is 3.53. The average molecular weight is 465 g/mol. The number of morpholine rings is 1. The van der Waals surface area contributed by atoms with Crippen molar-refractivity contribution in [2.45, 2.75) is 13.0 Å². The summed E-state index contributed by atoms with van der Waals surface area (Å²) >= 11 is 1.85. The fourth-order valence-corrected chi connectivity index (χ4v) is 3.01. The highest BCUT2D eigenvalue weighted by atomic mass is 127. The van der Waals surface area contributed by atoms with Crippen molar-refractivity contribution in [3.8, 4) is 0 Å². The molecule has 0 spiro atoms. The Morgan fingerprint density at radius 2 is 2.46 bits per heavy atom. The van der Waals surface area contributed by atoms with Gasteiger partial charge in [0.15, 0.2) is 5.96 Å². The Bertz CT molecular complexity index is 522. The number of nitrogens with one attached hydrogen (secondary N) is 1. The highest BCUT2D eigenvalue weighted by Crippen LogP contribution is 2.21. The number of hydrogen-bond donors (Lipinski definition) is 1. The van der Waals surface area contributed by atoms with Crippen molar-refractivity contribution in [2.24, 2.45) is 12.0 Å². The first kappa shape index (κ1) is 21.3. The standard InChI is InChI=1S/C16H27N5OS.HI/c1-4-9-23-10-6-18-16(17-5-2)21-7-8-22-15(13-21)14-11-19-20(3)12-14;/h4,11-12,15H,1,5-10,13H2,2-3H3,(H,17,18);1H. The maximum Gasteiger partial charge on any atom is 0.194 e. The van der Waals surface area contributed by atoms with E-state index in [1.54, 1.807) is 0 Å². The van der Waals surface area contributed by atoms with Gasteiger partial charge in [-0.05, 0) is 6.92 Å². The van der Waals surface area contributed by atoms with Gasteiger partial charge in [-0.2, -0.15) is 16.9 Å². The summed E-state index contributed by atoms with van der Waals surface area (Å²) in [7, 11) is 1.93. The van der Waals surface area contributed by atoms with E-state index in [-0.39, 0.29) is 30.1 Å². The summed E-state index contributed by atoms with van der Waals surface area (Å²) in [6.45, 7) is 9.89. The number of aryl methyl sites for hydroxylation is 1. The molecule has 1 aliphatic heterocycles. The molecule has 0 amide bonds. The smallest absolute Gasteiger partial charge is 0.194 e. The lowest BCUT2D eigenvalue weighted by atomic mass is 10.1. The second-order valence-electron chi connectivity index (χ2n) is 5.35. The molecule has 1 atom stereocenters. The van der Waals surface area contributed by atoms with E-state index in [4.69, 9.17) is 9.73 Å². The molecule has 24 heavy (non-hydrogen) atoms. The van der Waals surface area contributed by atoms with Crippen molar-refractivity contribution in [3.05, 3.63) is 30.6 Å². The van der Waals surface area contributed by atoms with E-state index in [0.29, 0.717) is 6.61 Å². The van der Waals surface area contributed by atoms with Crippen LogP contribution in [0.1, 0.15) is 18.6 Å². The van der Waals surface area contributed by atoms with E-state index in [0.717, 1.165) is 49.2 Å². The second-order valence-corrected chi connectivity index (χ2v) is 6.50. The van der Waals surface area contributed by atoms with Crippen LogP contribution in [0.2, 0.25) is 0 Å². The predicted octanol–water partition coefficient (Wildman–Crippen LogP) is 2.30. The lowest BCUT2D eigenvalue weighted by Crippen LogP contribution is -2.48. The Balaban J connectivity index is 0.00000288. The number of rotatable bonds is 7. The summed E-state index contributed by atoms with van der Waals surface area (Å²) in [6, 6.07) is 0. The zero-order valence-electron chi connectivity index (χ0n) is 14.5. The van der Waals surface area contributed by atoms with Crippen LogP contribution in [0, 0.1) is 0 Å². The number of halogens is 1. The van der Waals surface area contributed by atoms with Crippen molar-refractivity contribution < 1.29 is 4.74 Å². The number of nitrogens with zero attached hydrogens (tertiary/aromatic N) is 4. The summed E-state index contributed by atoms with van der Waals surface area (Å²) in [4.78, 5) is 7.02. The number of aromatic nitrogens is 2. The van der Waals surface area contributed by atoms with Crippen molar-refractivity contribution >= 4 is 41.7 Å². The van der Waals surface area contributed by atoms with Gasteiger partial charge < -0.3 is 15.0 Å². The van der Waals surface area contributed by atoms with E-state index in [9.17, 15) is 0 Å². The first-order valence-corrected chi connectivity index (χ1v) is 9.22. The van der Waals surface area contributed by atoms with Crippen LogP contribution in [-0.2, 0) is 11.8 Å². The first-order valence-electron chi connectivity index (χ1n) is 8.06. The molecule has 0 radical (unpaired) electrons. The molecule has 0 saturated carbocycles. The molecule has 136 valence electrons. The van der Waals surface area contributed by atoms with Crippen LogP contribution < -0.4 is 5.32 Å². The molecule has 1 saturated heterocycles. The van der Waals surface area contributed by atoms with Crippen LogP contribution in [0.5, 0.6) is 0 Å². The summed E-state index contributed by atoms with van der Waals surface area (Å²) in [5.74, 6) is 2.97. The van der Waals surface area contributed by atoms with Crippen LogP contribution >= 0.6 is 35.7 Å². The van der Waals surface area contributed by atoms with Crippen LogP contribution in [0.3, 0.4) is 0 Å². The minimum Gasteiger partial charge on any atom is -0.370 e. The van der Waals surface area contributed by atoms with Gasteiger partial charge in [0.25, 0.3) is 0 Å². The van der Waals surface area contributed by atoms with Crippen molar-refractivity contribution in [3.63, 3.8) is 0 Å². The molecule has 8 heteroatoms. The van der Waals surface area contributed by atoms with Gasteiger partial charge in [0.1, 0.15) is 6.10 Å². The molecule has 2 heterocycles. The Hall–Kier alpha value is -0.740. The van der Waals surface area contributed by atoms with E-state index in [2.05, 4.69) is 28.8 Å². The second kappa shape index (κ2) is 11.8. The lowest BCUT2D eigenvalue weighted by Gasteiger charge is -2.34. The Kier molecular flexibility index (Phi) is 10.4. The Morgan fingerprint density at radius 3 is 3.12 bits per heavy atom. The van der Waals surface area contributed by atoms with Gasteiger partial charge in [-0.15, -0.1) is 30.6 Å². The fraction of sp³-hybridized carbons (Fsp3) is 0.625. The van der Waals surface area contributed by atoms with Crippen molar-refractivity contribution in [2.75, 3.05) is 44.3 Å². The van der Waals surface area contributed by atoms with E-state index in [1.165, 1.54) is 0 Å². The van der Waals surface area contributed by atoms with Gasteiger partial charge in [-0.3, -0.25) is 9.67 Å². The number of thioether (sulfide) groups is 1. The largest absolute Gasteiger partial charge is 0.370 e.